The van der Waals surface area contributed by atoms with Crippen LogP contribution in [0.5, 0.6) is 0 Å². The lowest BCUT2D eigenvalue weighted by molar-refractivity contribution is -0.144. The first-order valence-corrected chi connectivity index (χ1v) is 10.7. The van der Waals surface area contributed by atoms with E-state index in [1.54, 1.807) is 16.2 Å². The smallest absolute Gasteiger partial charge is 0.249 e. The molecule has 1 aliphatic heterocycles. The highest BCUT2D eigenvalue weighted by molar-refractivity contribution is 7.10. The molecular weight excluding hydrogens is 372 g/mol. The molecule has 6 heteroatoms. The number of carbonyl (C=O) groups excluding carboxylic acids is 2. The van der Waals surface area contributed by atoms with E-state index in [9.17, 15) is 9.59 Å². The van der Waals surface area contributed by atoms with E-state index in [-0.39, 0.29) is 37.0 Å². The molecule has 2 heterocycles. The summed E-state index contributed by atoms with van der Waals surface area (Å²) >= 11 is 1.76. The summed E-state index contributed by atoms with van der Waals surface area (Å²) in [6.45, 7) is 2.91. The summed E-state index contributed by atoms with van der Waals surface area (Å²) in [5.74, 6) is -0.0859. The topological polar surface area (TPSA) is 49.9 Å². The SMILES string of the molecule is COCC(=O)N(CC(=O)N1CCc2sccc2C1c1ccc(C)cc1)C1CC1. The number of ether oxygens (including phenoxy) is 1. The van der Waals surface area contributed by atoms with E-state index in [1.165, 1.54) is 23.1 Å². The second-order valence-electron chi connectivity index (χ2n) is 7.64. The third-order valence-electron chi connectivity index (χ3n) is 5.56. The summed E-state index contributed by atoms with van der Waals surface area (Å²) < 4.78 is 5.01. The normalized spacial score (nSPS) is 18.6. The van der Waals surface area contributed by atoms with Crippen molar-refractivity contribution < 1.29 is 14.3 Å². The third-order valence-corrected chi connectivity index (χ3v) is 6.56. The van der Waals surface area contributed by atoms with Crippen LogP contribution in [0.2, 0.25) is 0 Å². The van der Waals surface area contributed by atoms with Crippen LogP contribution in [0.15, 0.2) is 35.7 Å². The maximum Gasteiger partial charge on any atom is 0.249 e. The highest BCUT2D eigenvalue weighted by Crippen LogP contribution is 2.38. The fourth-order valence-electron chi connectivity index (χ4n) is 3.94. The van der Waals surface area contributed by atoms with Gasteiger partial charge >= 0.3 is 0 Å². The van der Waals surface area contributed by atoms with E-state index >= 15 is 0 Å². The van der Waals surface area contributed by atoms with Crippen LogP contribution in [0.1, 0.15) is 40.5 Å². The highest BCUT2D eigenvalue weighted by atomic mass is 32.1. The van der Waals surface area contributed by atoms with Gasteiger partial charge < -0.3 is 14.5 Å². The zero-order valence-corrected chi connectivity index (χ0v) is 17.2. The fourth-order valence-corrected chi connectivity index (χ4v) is 4.85. The van der Waals surface area contributed by atoms with Gasteiger partial charge in [-0.1, -0.05) is 29.8 Å². The van der Waals surface area contributed by atoms with E-state index in [0.717, 1.165) is 24.8 Å². The van der Waals surface area contributed by atoms with Crippen LogP contribution in [0.25, 0.3) is 0 Å². The van der Waals surface area contributed by atoms with Crippen LogP contribution in [0.4, 0.5) is 0 Å². The van der Waals surface area contributed by atoms with Gasteiger partial charge in [-0.05, 0) is 48.8 Å². The van der Waals surface area contributed by atoms with Crippen LogP contribution in [0, 0.1) is 6.92 Å². The van der Waals surface area contributed by atoms with Crippen molar-refractivity contribution in [2.75, 3.05) is 26.8 Å². The van der Waals surface area contributed by atoms with E-state index < -0.39 is 0 Å². The van der Waals surface area contributed by atoms with Crippen molar-refractivity contribution in [1.82, 2.24) is 9.80 Å². The van der Waals surface area contributed by atoms with Crippen molar-refractivity contribution >= 4 is 23.2 Å². The molecule has 1 atom stereocenters. The van der Waals surface area contributed by atoms with Gasteiger partial charge in [0.1, 0.15) is 13.2 Å². The standard InChI is InChI=1S/C22H26N2O3S/c1-15-3-5-16(6-4-15)22-18-10-12-28-19(18)9-11-23(22)20(25)13-24(17-7-8-17)21(26)14-27-2/h3-6,10,12,17,22H,7-9,11,13-14H2,1-2H3. The highest BCUT2D eigenvalue weighted by Gasteiger charge is 2.38. The Bertz CT molecular complexity index is 857. The molecule has 0 N–H and O–H groups in total. The van der Waals surface area contributed by atoms with Gasteiger partial charge in [-0.15, -0.1) is 11.3 Å². The molecule has 5 nitrogen and oxygen atoms in total. The molecule has 0 bridgehead atoms. The van der Waals surface area contributed by atoms with Crippen LogP contribution in [-0.4, -0.2) is 54.5 Å². The molecule has 1 aliphatic carbocycles. The number of thiophene rings is 1. The number of hydrogen-bond donors (Lipinski definition) is 0. The zero-order valence-electron chi connectivity index (χ0n) is 16.4. The lowest BCUT2D eigenvalue weighted by Crippen LogP contribution is -2.48. The zero-order chi connectivity index (χ0) is 19.7. The predicted octanol–water partition coefficient (Wildman–Crippen LogP) is 3.17. The summed E-state index contributed by atoms with van der Waals surface area (Å²) in [5, 5.41) is 2.11. The Morgan fingerprint density at radius 1 is 1.21 bits per heavy atom. The van der Waals surface area contributed by atoms with E-state index in [0.29, 0.717) is 6.54 Å². The molecule has 0 radical (unpaired) electrons. The molecule has 0 spiro atoms. The lowest BCUT2D eigenvalue weighted by atomic mass is 9.92. The maximum atomic E-state index is 13.3. The predicted molar refractivity (Wildman–Crippen MR) is 109 cm³/mol. The minimum atomic E-state index is -0.0986. The molecule has 2 aromatic rings. The number of rotatable bonds is 6. The van der Waals surface area contributed by atoms with Gasteiger partial charge in [0.15, 0.2) is 0 Å². The molecule has 1 fully saturated rings. The van der Waals surface area contributed by atoms with Crippen LogP contribution in [0.3, 0.4) is 0 Å². The molecule has 0 saturated heterocycles. The fraction of sp³-hybridized carbons (Fsp3) is 0.455. The van der Waals surface area contributed by atoms with E-state index in [1.807, 2.05) is 4.90 Å². The molecule has 2 amide bonds. The number of hydrogen-bond acceptors (Lipinski definition) is 4. The van der Waals surface area contributed by atoms with Crippen molar-refractivity contribution in [3.05, 3.63) is 57.3 Å². The van der Waals surface area contributed by atoms with Crippen molar-refractivity contribution in [3.63, 3.8) is 0 Å². The number of benzene rings is 1. The molecule has 1 unspecified atom stereocenters. The minimum absolute atomic E-state index is 0.0128. The molecule has 1 aromatic heterocycles. The second kappa shape index (κ2) is 8.05. The number of carbonyl (C=O) groups is 2. The molecule has 2 aliphatic rings. The Morgan fingerprint density at radius 2 is 1.96 bits per heavy atom. The van der Waals surface area contributed by atoms with Crippen LogP contribution in [-0.2, 0) is 20.7 Å². The number of nitrogens with zero attached hydrogens (tertiary/aromatic N) is 2. The molecule has 28 heavy (non-hydrogen) atoms. The van der Waals surface area contributed by atoms with Gasteiger partial charge in [0.25, 0.3) is 0 Å². The number of methoxy groups -OCH3 is 1. The first-order chi connectivity index (χ1) is 13.6. The Labute approximate surface area is 169 Å². The average molecular weight is 399 g/mol. The van der Waals surface area contributed by atoms with Gasteiger partial charge in [0.05, 0.1) is 6.04 Å². The molecule has 1 aromatic carbocycles. The Hall–Kier alpha value is -2.18. The summed E-state index contributed by atoms with van der Waals surface area (Å²) in [6, 6.07) is 10.7. The van der Waals surface area contributed by atoms with Crippen molar-refractivity contribution in [3.8, 4) is 0 Å². The Kier molecular flexibility index (Phi) is 5.51. The number of fused-ring (bicyclic) bond motifs is 1. The Balaban J connectivity index is 1.60. The van der Waals surface area contributed by atoms with Crippen LogP contribution >= 0.6 is 11.3 Å². The summed E-state index contributed by atoms with van der Waals surface area (Å²) in [7, 11) is 1.51. The largest absolute Gasteiger partial charge is 0.375 e. The van der Waals surface area contributed by atoms with Crippen molar-refractivity contribution in [2.24, 2.45) is 0 Å². The molecule has 1 saturated carbocycles. The minimum Gasteiger partial charge on any atom is -0.375 e. The van der Waals surface area contributed by atoms with Crippen molar-refractivity contribution in [1.29, 1.82) is 0 Å². The second-order valence-corrected chi connectivity index (χ2v) is 8.64. The first-order valence-electron chi connectivity index (χ1n) is 9.79. The number of aryl methyl sites for hydroxylation is 1. The molecule has 148 valence electrons. The Morgan fingerprint density at radius 3 is 2.64 bits per heavy atom. The van der Waals surface area contributed by atoms with Crippen LogP contribution < -0.4 is 0 Å². The van der Waals surface area contributed by atoms with Gasteiger partial charge in [-0.2, -0.15) is 0 Å². The first kappa shape index (κ1) is 19.2. The third kappa shape index (κ3) is 3.84. The van der Waals surface area contributed by atoms with E-state index in [4.69, 9.17) is 4.74 Å². The maximum absolute atomic E-state index is 13.3. The van der Waals surface area contributed by atoms with Gasteiger partial charge in [0.2, 0.25) is 11.8 Å². The quantitative estimate of drug-likeness (QED) is 0.751. The molecular formula is C22H26N2O3S. The monoisotopic (exact) mass is 398 g/mol. The van der Waals surface area contributed by atoms with E-state index in [2.05, 4.69) is 42.6 Å². The van der Waals surface area contributed by atoms with Gasteiger partial charge in [-0.25, -0.2) is 0 Å². The number of amides is 2. The summed E-state index contributed by atoms with van der Waals surface area (Å²) in [6.07, 6.45) is 2.81. The van der Waals surface area contributed by atoms with Crippen molar-refractivity contribution in [2.45, 2.75) is 38.3 Å². The van der Waals surface area contributed by atoms with Gasteiger partial charge in [-0.3, -0.25) is 9.59 Å². The van der Waals surface area contributed by atoms with Gasteiger partial charge in [0, 0.05) is 24.6 Å². The average Bonchev–Trinajstić information content (AvgIpc) is 3.42. The lowest BCUT2D eigenvalue weighted by Gasteiger charge is -2.37. The molecule has 4 rings (SSSR count). The summed E-state index contributed by atoms with van der Waals surface area (Å²) in [5.41, 5.74) is 3.54. The summed E-state index contributed by atoms with van der Waals surface area (Å²) in [4.78, 5) is 30.8.